The average Bonchev–Trinajstić information content (AvgIpc) is 2.45. The Labute approximate surface area is 114 Å². The predicted octanol–water partition coefficient (Wildman–Crippen LogP) is 2.18. The van der Waals surface area contributed by atoms with Gasteiger partial charge in [0.1, 0.15) is 0 Å². The van der Waals surface area contributed by atoms with Gasteiger partial charge >= 0.3 is 0 Å². The van der Waals surface area contributed by atoms with Crippen molar-refractivity contribution in [1.29, 1.82) is 0 Å². The van der Waals surface area contributed by atoms with Crippen molar-refractivity contribution < 1.29 is 0 Å². The van der Waals surface area contributed by atoms with Crippen LogP contribution in [0.5, 0.6) is 0 Å². The number of hydrogen-bond donors (Lipinski definition) is 1. The topological polar surface area (TPSA) is 18.5 Å². The molecule has 3 heteroatoms. The van der Waals surface area contributed by atoms with Crippen LogP contribution >= 0.6 is 0 Å². The van der Waals surface area contributed by atoms with Crippen LogP contribution in [0, 0.1) is 0 Å². The van der Waals surface area contributed by atoms with E-state index in [1.54, 1.807) is 0 Å². The molecule has 1 fully saturated rings. The summed E-state index contributed by atoms with van der Waals surface area (Å²) in [7, 11) is 2.25. The quantitative estimate of drug-likeness (QED) is 0.704. The molecule has 0 aromatic carbocycles. The molecule has 1 saturated heterocycles. The van der Waals surface area contributed by atoms with E-state index in [-0.39, 0.29) is 0 Å². The lowest BCUT2D eigenvalue weighted by molar-refractivity contribution is 0.198. The van der Waals surface area contributed by atoms with Crippen molar-refractivity contribution >= 4 is 0 Å². The van der Waals surface area contributed by atoms with Gasteiger partial charge in [-0.3, -0.25) is 4.90 Å². The molecule has 1 N–H and O–H groups in total. The summed E-state index contributed by atoms with van der Waals surface area (Å²) >= 11 is 0. The minimum absolute atomic E-state index is 0.631. The monoisotopic (exact) mass is 255 g/mol. The molecule has 0 spiro atoms. The Bertz CT molecular complexity index is 206. The summed E-state index contributed by atoms with van der Waals surface area (Å²) in [6.07, 6.45) is 5.36. The van der Waals surface area contributed by atoms with E-state index in [2.05, 4.69) is 42.9 Å². The molecule has 0 radical (unpaired) electrons. The molecule has 1 heterocycles. The minimum atomic E-state index is 0.631. The normalized spacial score (nSPS) is 23.5. The van der Waals surface area contributed by atoms with Crippen molar-refractivity contribution in [3.63, 3.8) is 0 Å². The fourth-order valence-electron chi connectivity index (χ4n) is 2.76. The van der Waals surface area contributed by atoms with Crippen molar-refractivity contribution in [3.05, 3.63) is 0 Å². The van der Waals surface area contributed by atoms with Crippen LogP contribution in [0.4, 0.5) is 0 Å². The third kappa shape index (κ3) is 6.72. The smallest absolute Gasteiger partial charge is 0.0194 e. The summed E-state index contributed by atoms with van der Waals surface area (Å²) in [6.45, 7) is 13.1. The molecule has 1 unspecified atom stereocenters. The van der Waals surface area contributed by atoms with Crippen LogP contribution in [0.25, 0.3) is 0 Å². The predicted molar refractivity (Wildman–Crippen MR) is 80.1 cm³/mol. The van der Waals surface area contributed by atoms with Crippen molar-refractivity contribution in [1.82, 2.24) is 15.1 Å². The molecule has 0 aliphatic carbocycles. The zero-order chi connectivity index (χ0) is 13.4. The van der Waals surface area contributed by atoms with E-state index < -0.39 is 0 Å². The minimum Gasteiger partial charge on any atom is -0.315 e. The Morgan fingerprint density at radius 3 is 2.67 bits per heavy atom. The molecule has 1 aliphatic rings. The lowest BCUT2D eigenvalue weighted by Crippen LogP contribution is -2.38. The van der Waals surface area contributed by atoms with E-state index in [4.69, 9.17) is 0 Å². The molecule has 18 heavy (non-hydrogen) atoms. The zero-order valence-corrected chi connectivity index (χ0v) is 12.9. The van der Waals surface area contributed by atoms with Crippen LogP contribution in [0.2, 0.25) is 0 Å². The number of likely N-dealkylation sites (N-methyl/N-ethyl adjacent to an activating group) is 1. The first kappa shape index (κ1) is 15.9. The van der Waals surface area contributed by atoms with Gasteiger partial charge in [0, 0.05) is 18.6 Å². The highest BCUT2D eigenvalue weighted by Gasteiger charge is 2.18. The molecule has 1 atom stereocenters. The summed E-state index contributed by atoms with van der Waals surface area (Å²) in [5.74, 6) is 0. The number of nitrogens with one attached hydrogen (secondary N) is 1. The lowest BCUT2D eigenvalue weighted by atomic mass is 10.2. The van der Waals surface area contributed by atoms with Gasteiger partial charge in [-0.25, -0.2) is 0 Å². The third-order valence-corrected chi connectivity index (χ3v) is 3.86. The molecule has 3 nitrogen and oxygen atoms in total. The molecule has 1 aliphatic heterocycles. The fourth-order valence-corrected chi connectivity index (χ4v) is 2.76. The maximum atomic E-state index is 3.49. The molecule has 1 rings (SSSR count). The van der Waals surface area contributed by atoms with Crippen molar-refractivity contribution in [2.24, 2.45) is 0 Å². The number of unbranched alkanes of at least 4 members (excludes halogenated alkanes) is 2. The molecule has 108 valence electrons. The van der Waals surface area contributed by atoms with E-state index in [1.807, 2.05) is 0 Å². The standard InChI is InChI=1S/C15H33N3/c1-14(2)16-9-6-5-7-11-18-12-8-10-17(4)13-15(18)3/h14-16H,5-13H2,1-4H3. The second-order valence-corrected chi connectivity index (χ2v) is 6.17. The maximum absolute atomic E-state index is 3.49. The molecular weight excluding hydrogens is 222 g/mol. The van der Waals surface area contributed by atoms with Crippen LogP contribution in [-0.2, 0) is 0 Å². The Morgan fingerprint density at radius 2 is 1.94 bits per heavy atom. The van der Waals surface area contributed by atoms with Gasteiger partial charge in [-0.05, 0) is 59.4 Å². The Morgan fingerprint density at radius 1 is 1.17 bits per heavy atom. The van der Waals surface area contributed by atoms with Gasteiger partial charge < -0.3 is 10.2 Å². The molecule has 0 aromatic rings. The first-order chi connectivity index (χ1) is 8.59. The Hall–Kier alpha value is -0.120. The maximum Gasteiger partial charge on any atom is 0.0194 e. The molecule has 0 aromatic heterocycles. The summed E-state index contributed by atoms with van der Waals surface area (Å²) < 4.78 is 0. The second-order valence-electron chi connectivity index (χ2n) is 6.17. The lowest BCUT2D eigenvalue weighted by Gasteiger charge is -2.27. The van der Waals surface area contributed by atoms with Crippen molar-refractivity contribution in [2.45, 2.75) is 58.5 Å². The first-order valence-corrected chi connectivity index (χ1v) is 7.75. The first-order valence-electron chi connectivity index (χ1n) is 7.75. The van der Waals surface area contributed by atoms with Gasteiger partial charge in [0.05, 0.1) is 0 Å². The average molecular weight is 255 g/mol. The van der Waals surface area contributed by atoms with E-state index in [0.29, 0.717) is 6.04 Å². The van der Waals surface area contributed by atoms with Crippen LogP contribution in [0.3, 0.4) is 0 Å². The highest BCUT2D eigenvalue weighted by molar-refractivity contribution is 4.75. The Balaban J connectivity index is 2.07. The van der Waals surface area contributed by atoms with Crippen molar-refractivity contribution in [2.75, 3.05) is 39.8 Å². The Kier molecular flexibility index (Phi) is 7.87. The SMILES string of the molecule is CC(C)NCCCCCN1CCCN(C)CC1C. The summed E-state index contributed by atoms with van der Waals surface area (Å²) in [6, 6.07) is 1.36. The van der Waals surface area contributed by atoms with Gasteiger partial charge in [-0.2, -0.15) is 0 Å². The van der Waals surface area contributed by atoms with Gasteiger partial charge in [-0.1, -0.05) is 20.3 Å². The van der Waals surface area contributed by atoms with Gasteiger partial charge in [0.25, 0.3) is 0 Å². The van der Waals surface area contributed by atoms with Gasteiger partial charge in [0.2, 0.25) is 0 Å². The summed E-state index contributed by atoms with van der Waals surface area (Å²) in [5, 5.41) is 3.49. The van der Waals surface area contributed by atoms with Crippen LogP contribution < -0.4 is 5.32 Å². The number of rotatable bonds is 7. The molecule has 0 saturated carbocycles. The van der Waals surface area contributed by atoms with E-state index >= 15 is 0 Å². The van der Waals surface area contributed by atoms with Crippen molar-refractivity contribution in [3.8, 4) is 0 Å². The molecular formula is C15H33N3. The molecule has 0 amide bonds. The summed E-state index contributed by atoms with van der Waals surface area (Å²) in [5.41, 5.74) is 0. The fraction of sp³-hybridized carbons (Fsp3) is 1.00. The summed E-state index contributed by atoms with van der Waals surface area (Å²) in [4.78, 5) is 5.15. The van der Waals surface area contributed by atoms with Crippen LogP contribution in [0.1, 0.15) is 46.5 Å². The van der Waals surface area contributed by atoms with Crippen LogP contribution in [0.15, 0.2) is 0 Å². The van der Waals surface area contributed by atoms with E-state index in [1.165, 1.54) is 58.4 Å². The highest BCUT2D eigenvalue weighted by Crippen LogP contribution is 2.10. The number of nitrogens with zero attached hydrogens (tertiary/aromatic N) is 2. The molecule has 0 bridgehead atoms. The zero-order valence-electron chi connectivity index (χ0n) is 12.9. The van der Waals surface area contributed by atoms with E-state index in [9.17, 15) is 0 Å². The van der Waals surface area contributed by atoms with Crippen LogP contribution in [-0.4, -0.2) is 61.7 Å². The largest absolute Gasteiger partial charge is 0.315 e. The highest BCUT2D eigenvalue weighted by atomic mass is 15.2. The van der Waals surface area contributed by atoms with E-state index in [0.717, 1.165) is 6.04 Å². The number of hydrogen-bond acceptors (Lipinski definition) is 3. The van der Waals surface area contributed by atoms with Gasteiger partial charge in [0.15, 0.2) is 0 Å². The van der Waals surface area contributed by atoms with Gasteiger partial charge in [-0.15, -0.1) is 0 Å². The second kappa shape index (κ2) is 8.89. The third-order valence-electron chi connectivity index (χ3n) is 3.86.